The Bertz CT molecular complexity index is 442. The third-order valence-corrected chi connectivity index (χ3v) is 3.49. The second kappa shape index (κ2) is 8.80. The second-order valence-electron chi connectivity index (χ2n) is 4.82. The molecule has 1 fully saturated rings. The monoisotopic (exact) mass is 346 g/mol. The average Bonchev–Trinajstić information content (AvgIpc) is 2.74. The van der Waals surface area contributed by atoms with Gasteiger partial charge in [-0.1, -0.05) is 0 Å². The van der Waals surface area contributed by atoms with Crippen LogP contribution in [0.5, 0.6) is 0 Å². The molecule has 0 amide bonds. The number of likely N-dealkylation sites (tertiary alicyclic amines) is 1. The first-order valence-electron chi connectivity index (χ1n) is 6.14. The van der Waals surface area contributed by atoms with Gasteiger partial charge in [-0.05, 0) is 17.7 Å². The van der Waals surface area contributed by atoms with Crippen molar-refractivity contribution in [1.29, 1.82) is 0 Å². The highest BCUT2D eigenvalue weighted by molar-refractivity contribution is 5.85. The largest absolute Gasteiger partial charge is 0.383 e. The molecule has 1 aromatic rings. The molecule has 2 unspecified atom stereocenters. The van der Waals surface area contributed by atoms with Crippen LogP contribution in [0, 0.1) is 17.5 Å². The van der Waals surface area contributed by atoms with Crippen LogP contribution in [0.3, 0.4) is 0 Å². The summed E-state index contributed by atoms with van der Waals surface area (Å²) < 4.78 is 44.4. The van der Waals surface area contributed by atoms with Gasteiger partial charge in [-0.15, -0.1) is 24.8 Å². The van der Waals surface area contributed by atoms with Gasteiger partial charge >= 0.3 is 0 Å². The lowest BCUT2D eigenvalue weighted by Gasteiger charge is -2.16. The minimum absolute atomic E-state index is 0. The fourth-order valence-corrected chi connectivity index (χ4v) is 2.46. The molecular formula is C13H19Cl2F3N2O. The average molecular weight is 347 g/mol. The summed E-state index contributed by atoms with van der Waals surface area (Å²) in [6.45, 7) is 2.52. The number of hydrogen-bond acceptors (Lipinski definition) is 3. The lowest BCUT2D eigenvalue weighted by atomic mass is 9.94. The number of ether oxygens (including phenoxy) is 1. The van der Waals surface area contributed by atoms with Crippen molar-refractivity contribution in [3.05, 3.63) is 35.1 Å². The number of benzene rings is 1. The number of hydrogen-bond donors (Lipinski definition) is 1. The first-order chi connectivity index (χ1) is 9.02. The molecule has 3 nitrogen and oxygen atoms in total. The van der Waals surface area contributed by atoms with E-state index >= 15 is 0 Å². The first kappa shape index (κ1) is 20.5. The van der Waals surface area contributed by atoms with Crippen molar-refractivity contribution in [3.63, 3.8) is 0 Å². The van der Waals surface area contributed by atoms with Crippen LogP contribution in [0.15, 0.2) is 12.1 Å². The van der Waals surface area contributed by atoms with E-state index < -0.39 is 17.5 Å². The molecule has 2 atom stereocenters. The maximum Gasteiger partial charge on any atom is 0.194 e. The summed E-state index contributed by atoms with van der Waals surface area (Å²) in [5.41, 5.74) is 6.40. The van der Waals surface area contributed by atoms with E-state index in [0.717, 1.165) is 12.1 Å². The molecule has 0 radical (unpaired) electrons. The Hall–Kier alpha value is -0.530. The topological polar surface area (TPSA) is 38.5 Å². The summed E-state index contributed by atoms with van der Waals surface area (Å²) in [4.78, 5) is 2.07. The molecule has 0 saturated carbocycles. The van der Waals surface area contributed by atoms with Gasteiger partial charge in [0, 0.05) is 38.7 Å². The molecule has 2 N–H and O–H groups in total. The molecule has 1 heterocycles. The van der Waals surface area contributed by atoms with E-state index in [2.05, 4.69) is 4.90 Å². The summed E-state index contributed by atoms with van der Waals surface area (Å²) >= 11 is 0. The molecule has 0 bridgehead atoms. The third-order valence-electron chi connectivity index (χ3n) is 3.49. The van der Waals surface area contributed by atoms with Crippen molar-refractivity contribution in [3.8, 4) is 0 Å². The van der Waals surface area contributed by atoms with Gasteiger partial charge in [0.1, 0.15) is 0 Å². The van der Waals surface area contributed by atoms with E-state index in [1.165, 1.54) is 0 Å². The van der Waals surface area contributed by atoms with Crippen LogP contribution >= 0.6 is 24.8 Å². The van der Waals surface area contributed by atoms with Crippen LogP contribution in [0.25, 0.3) is 0 Å². The molecule has 21 heavy (non-hydrogen) atoms. The lowest BCUT2D eigenvalue weighted by Crippen LogP contribution is -2.30. The van der Waals surface area contributed by atoms with Crippen molar-refractivity contribution in [2.45, 2.75) is 12.0 Å². The molecule has 8 heteroatoms. The normalized spacial score (nSPS) is 21.8. The van der Waals surface area contributed by atoms with Gasteiger partial charge in [-0.25, -0.2) is 13.2 Å². The summed E-state index contributed by atoms with van der Waals surface area (Å²) in [5.74, 6) is -3.97. The first-order valence-corrected chi connectivity index (χ1v) is 6.14. The van der Waals surface area contributed by atoms with E-state index in [-0.39, 0.29) is 36.8 Å². The fourth-order valence-electron chi connectivity index (χ4n) is 2.46. The predicted molar refractivity (Wildman–Crippen MR) is 79.8 cm³/mol. The fraction of sp³-hybridized carbons (Fsp3) is 0.538. The highest BCUT2D eigenvalue weighted by atomic mass is 35.5. The lowest BCUT2D eigenvalue weighted by molar-refractivity contribution is 0.160. The number of methoxy groups -OCH3 is 1. The molecule has 0 aliphatic carbocycles. The number of nitrogens with two attached hydrogens (primary N) is 1. The van der Waals surface area contributed by atoms with Crippen LogP contribution in [0.2, 0.25) is 0 Å². The Kier molecular flexibility index (Phi) is 8.58. The standard InChI is InChI=1S/C13H17F3N2O.2ClH/c1-19-3-2-18-6-9(12(17)7-18)8-4-10(14)13(16)11(15)5-8;;/h4-5,9,12H,2-3,6-7,17H2,1H3;2*1H. The van der Waals surface area contributed by atoms with Gasteiger partial charge in [0.2, 0.25) is 0 Å². The maximum atomic E-state index is 13.2. The van der Waals surface area contributed by atoms with Gasteiger partial charge in [-0.3, -0.25) is 4.90 Å². The molecule has 0 aromatic heterocycles. The number of rotatable bonds is 4. The molecule has 2 rings (SSSR count). The van der Waals surface area contributed by atoms with Crippen LogP contribution in [-0.4, -0.2) is 44.3 Å². The minimum atomic E-state index is -1.44. The Labute approximate surface area is 134 Å². The minimum Gasteiger partial charge on any atom is -0.383 e. The molecule has 1 aliphatic rings. The summed E-state index contributed by atoms with van der Waals surface area (Å²) in [7, 11) is 1.61. The molecule has 122 valence electrons. The molecule has 1 saturated heterocycles. The number of nitrogens with zero attached hydrogens (tertiary/aromatic N) is 1. The van der Waals surface area contributed by atoms with Gasteiger partial charge in [0.05, 0.1) is 6.61 Å². The maximum absolute atomic E-state index is 13.2. The summed E-state index contributed by atoms with van der Waals surface area (Å²) in [6.07, 6.45) is 0. The zero-order valence-electron chi connectivity index (χ0n) is 11.5. The van der Waals surface area contributed by atoms with Gasteiger partial charge in [0.25, 0.3) is 0 Å². The number of halogens is 5. The Balaban J connectivity index is 0.00000200. The molecule has 0 spiro atoms. The smallest absolute Gasteiger partial charge is 0.194 e. The second-order valence-corrected chi connectivity index (χ2v) is 4.82. The zero-order chi connectivity index (χ0) is 14.0. The van der Waals surface area contributed by atoms with Gasteiger partial charge in [0.15, 0.2) is 17.5 Å². The molecule has 1 aliphatic heterocycles. The van der Waals surface area contributed by atoms with Crippen molar-refractivity contribution >= 4 is 24.8 Å². The third kappa shape index (κ3) is 4.72. The molecular weight excluding hydrogens is 328 g/mol. The highest BCUT2D eigenvalue weighted by Crippen LogP contribution is 2.28. The van der Waals surface area contributed by atoms with Crippen LogP contribution in [0.4, 0.5) is 13.2 Å². The highest BCUT2D eigenvalue weighted by Gasteiger charge is 2.32. The van der Waals surface area contributed by atoms with E-state index in [0.29, 0.717) is 31.8 Å². The van der Waals surface area contributed by atoms with Crippen LogP contribution in [-0.2, 0) is 4.74 Å². The Morgan fingerprint density at radius 1 is 1.19 bits per heavy atom. The van der Waals surface area contributed by atoms with E-state index in [1.807, 2.05) is 0 Å². The quantitative estimate of drug-likeness (QED) is 0.850. The molecule has 1 aromatic carbocycles. The summed E-state index contributed by atoms with van der Waals surface area (Å²) in [5, 5.41) is 0. The van der Waals surface area contributed by atoms with Crippen molar-refractivity contribution in [2.75, 3.05) is 33.4 Å². The van der Waals surface area contributed by atoms with E-state index in [1.54, 1.807) is 7.11 Å². The van der Waals surface area contributed by atoms with E-state index in [4.69, 9.17) is 10.5 Å². The zero-order valence-corrected chi connectivity index (χ0v) is 13.2. The van der Waals surface area contributed by atoms with Crippen molar-refractivity contribution < 1.29 is 17.9 Å². The SMILES string of the molecule is COCCN1CC(N)C(c2cc(F)c(F)c(F)c2)C1.Cl.Cl. The van der Waals surface area contributed by atoms with Gasteiger partial charge in [-0.2, -0.15) is 0 Å². The van der Waals surface area contributed by atoms with Crippen LogP contribution < -0.4 is 5.73 Å². The Morgan fingerprint density at radius 2 is 1.76 bits per heavy atom. The van der Waals surface area contributed by atoms with Crippen LogP contribution in [0.1, 0.15) is 11.5 Å². The Morgan fingerprint density at radius 3 is 2.29 bits per heavy atom. The van der Waals surface area contributed by atoms with Gasteiger partial charge < -0.3 is 10.5 Å². The van der Waals surface area contributed by atoms with Crippen molar-refractivity contribution in [1.82, 2.24) is 4.90 Å². The van der Waals surface area contributed by atoms with E-state index in [9.17, 15) is 13.2 Å². The summed E-state index contributed by atoms with van der Waals surface area (Å²) in [6, 6.07) is 1.84. The predicted octanol–water partition coefficient (Wildman–Crippen LogP) is 2.32. The van der Waals surface area contributed by atoms with Crippen molar-refractivity contribution in [2.24, 2.45) is 5.73 Å².